The molecule has 0 bridgehead atoms. The van der Waals surface area contributed by atoms with Gasteiger partial charge in [0.1, 0.15) is 11.9 Å². The molecular weight excluding hydrogens is 484 g/mol. The monoisotopic (exact) mass is 520 g/mol. The summed E-state index contributed by atoms with van der Waals surface area (Å²) in [5, 5.41) is 15.7. The molecule has 3 aromatic rings. The Bertz CT molecular complexity index is 1310. The minimum absolute atomic E-state index is 0.0599. The fourth-order valence-corrected chi connectivity index (χ4v) is 5.45. The van der Waals surface area contributed by atoms with Gasteiger partial charge in [-0.3, -0.25) is 4.90 Å². The van der Waals surface area contributed by atoms with E-state index in [1.807, 2.05) is 41.3 Å². The number of urea groups is 1. The number of hydrogen-bond acceptors (Lipinski definition) is 5. The van der Waals surface area contributed by atoms with Gasteiger partial charge in [0.15, 0.2) is 0 Å². The summed E-state index contributed by atoms with van der Waals surface area (Å²) in [5.41, 5.74) is 5.18. The Kier molecular flexibility index (Phi) is 8.55. The fourth-order valence-electron chi connectivity index (χ4n) is 5.45. The van der Waals surface area contributed by atoms with E-state index < -0.39 is 0 Å². The first kappa shape index (κ1) is 26.5. The number of nitrogens with zero attached hydrogens (tertiary/aromatic N) is 4. The lowest BCUT2D eigenvalue weighted by atomic mass is 9.89. The van der Waals surface area contributed by atoms with Crippen molar-refractivity contribution in [2.45, 2.75) is 50.7 Å². The van der Waals surface area contributed by atoms with E-state index in [2.05, 4.69) is 64.0 Å². The van der Waals surface area contributed by atoms with Gasteiger partial charge in [-0.05, 0) is 80.1 Å². The smallest absolute Gasteiger partial charge is 0.322 e. The molecule has 0 radical (unpaired) electrons. The van der Waals surface area contributed by atoms with Crippen LogP contribution in [0, 0.1) is 11.3 Å². The number of likely N-dealkylation sites (N-methyl/N-ethyl adjacent to an activating group) is 1. The fraction of sp³-hybridized carbons (Fsp3) is 0.344. The molecule has 0 saturated heterocycles. The zero-order valence-corrected chi connectivity index (χ0v) is 22.5. The van der Waals surface area contributed by atoms with E-state index in [-0.39, 0.29) is 18.1 Å². The quantitative estimate of drug-likeness (QED) is 0.411. The number of carbonyl (C=O) groups is 1. The molecule has 7 heteroatoms. The first-order valence-electron chi connectivity index (χ1n) is 13.8. The third kappa shape index (κ3) is 6.84. The first-order valence-corrected chi connectivity index (χ1v) is 13.8. The molecule has 0 unspecified atom stereocenters. The van der Waals surface area contributed by atoms with Crippen LogP contribution in [-0.4, -0.2) is 48.1 Å². The number of benzene rings is 2. The number of aromatic nitrogens is 1. The first-order chi connectivity index (χ1) is 19.1. The van der Waals surface area contributed by atoms with Crippen LogP contribution in [0.4, 0.5) is 16.3 Å². The highest BCUT2D eigenvalue weighted by molar-refractivity contribution is 5.93. The third-order valence-electron chi connectivity index (χ3n) is 7.74. The molecule has 1 aliphatic carbocycles. The highest BCUT2D eigenvalue weighted by Gasteiger charge is 2.30. The molecule has 1 saturated carbocycles. The van der Waals surface area contributed by atoms with E-state index in [9.17, 15) is 4.79 Å². The molecule has 2 aliphatic rings. The molecule has 39 heavy (non-hydrogen) atoms. The Balaban J connectivity index is 1.28. The maximum Gasteiger partial charge on any atom is 0.322 e. The van der Waals surface area contributed by atoms with Crippen molar-refractivity contribution in [2.75, 3.05) is 30.4 Å². The van der Waals surface area contributed by atoms with Crippen LogP contribution in [-0.2, 0) is 6.54 Å². The van der Waals surface area contributed by atoms with Crippen LogP contribution in [0.5, 0.6) is 0 Å². The van der Waals surface area contributed by atoms with E-state index >= 15 is 0 Å². The average Bonchev–Trinajstić information content (AvgIpc) is 2.99. The van der Waals surface area contributed by atoms with Crippen LogP contribution in [0.2, 0.25) is 0 Å². The Morgan fingerprint density at radius 1 is 1.05 bits per heavy atom. The van der Waals surface area contributed by atoms with E-state index in [1.165, 1.54) is 11.1 Å². The van der Waals surface area contributed by atoms with Crippen molar-refractivity contribution < 1.29 is 4.79 Å². The number of hydrogen-bond donors (Lipinski definition) is 2. The van der Waals surface area contributed by atoms with Crippen molar-refractivity contribution in [3.05, 3.63) is 95.7 Å². The molecule has 2 N–H and O–H groups in total. The van der Waals surface area contributed by atoms with Crippen molar-refractivity contribution in [1.82, 2.24) is 15.2 Å². The summed E-state index contributed by atoms with van der Waals surface area (Å²) in [6.07, 6.45) is 8.61. The van der Waals surface area contributed by atoms with Gasteiger partial charge in [0.05, 0.1) is 5.56 Å². The van der Waals surface area contributed by atoms with Crippen molar-refractivity contribution >= 4 is 23.1 Å². The van der Waals surface area contributed by atoms with E-state index in [4.69, 9.17) is 5.26 Å². The molecule has 1 aromatic heterocycles. The summed E-state index contributed by atoms with van der Waals surface area (Å²) in [5.74, 6) is 0.786. The molecule has 2 aromatic carbocycles. The summed E-state index contributed by atoms with van der Waals surface area (Å²) < 4.78 is 0. The lowest BCUT2D eigenvalue weighted by Crippen LogP contribution is -2.48. The second-order valence-electron chi connectivity index (χ2n) is 10.5. The number of anilines is 2. The second-order valence-corrected chi connectivity index (χ2v) is 10.5. The van der Waals surface area contributed by atoms with Gasteiger partial charge < -0.3 is 15.5 Å². The lowest BCUT2D eigenvalue weighted by molar-refractivity contribution is 0.240. The van der Waals surface area contributed by atoms with Crippen molar-refractivity contribution in [3.63, 3.8) is 0 Å². The summed E-state index contributed by atoms with van der Waals surface area (Å²) in [6, 6.07) is 24.6. The Morgan fingerprint density at radius 3 is 2.46 bits per heavy atom. The van der Waals surface area contributed by atoms with Gasteiger partial charge in [-0.2, -0.15) is 5.26 Å². The van der Waals surface area contributed by atoms with Crippen LogP contribution in [0.3, 0.4) is 0 Å². The van der Waals surface area contributed by atoms with E-state index in [0.717, 1.165) is 62.3 Å². The molecule has 5 rings (SSSR count). The van der Waals surface area contributed by atoms with Gasteiger partial charge >= 0.3 is 6.03 Å². The second kappa shape index (κ2) is 12.6. The molecule has 1 aliphatic heterocycles. The van der Waals surface area contributed by atoms with Gasteiger partial charge in [0, 0.05) is 43.6 Å². The van der Waals surface area contributed by atoms with Gasteiger partial charge in [-0.1, -0.05) is 48.5 Å². The van der Waals surface area contributed by atoms with E-state index in [1.54, 1.807) is 12.3 Å². The van der Waals surface area contributed by atoms with Gasteiger partial charge in [0.25, 0.3) is 0 Å². The van der Waals surface area contributed by atoms with Crippen LogP contribution in [0.15, 0.2) is 79.0 Å². The predicted molar refractivity (Wildman–Crippen MR) is 156 cm³/mol. The van der Waals surface area contributed by atoms with Gasteiger partial charge in [0.2, 0.25) is 0 Å². The lowest BCUT2D eigenvalue weighted by Gasteiger charge is -2.37. The number of pyridine rings is 1. The number of rotatable bonds is 7. The normalized spacial score (nSPS) is 19.4. The van der Waals surface area contributed by atoms with Crippen molar-refractivity contribution in [1.29, 1.82) is 5.26 Å². The minimum atomic E-state index is -0.0599. The Morgan fingerprint density at radius 2 is 1.82 bits per heavy atom. The zero-order chi connectivity index (χ0) is 27.0. The number of carbonyl (C=O) groups excluding carboxylic acids is 1. The molecular formula is C32H36N6O. The largest absolute Gasteiger partial charge is 0.367 e. The Hall–Kier alpha value is -4.15. The third-order valence-corrected chi connectivity index (χ3v) is 7.74. The highest BCUT2D eigenvalue weighted by Crippen LogP contribution is 2.31. The van der Waals surface area contributed by atoms with Crippen molar-refractivity contribution in [3.8, 4) is 6.07 Å². The zero-order valence-electron chi connectivity index (χ0n) is 22.5. The summed E-state index contributed by atoms with van der Waals surface area (Å²) in [6.45, 7) is 2.53. The molecule has 0 spiro atoms. The predicted octanol–water partition coefficient (Wildman–Crippen LogP) is 5.81. The molecule has 1 fully saturated rings. The molecule has 7 nitrogen and oxygen atoms in total. The molecule has 2 heterocycles. The van der Waals surface area contributed by atoms with Gasteiger partial charge in [-0.15, -0.1) is 0 Å². The number of nitrogens with one attached hydrogen (secondary N) is 2. The van der Waals surface area contributed by atoms with Crippen LogP contribution in [0.25, 0.3) is 5.57 Å². The topological polar surface area (TPSA) is 84.3 Å². The SMILES string of the molecule is CN1CC=C(c2ccc(N(C(=O)NCc3ccccc3)C3CCC(Nc4ccc(C#N)cn4)CC3)cc2)CC1. The van der Waals surface area contributed by atoms with Crippen LogP contribution >= 0.6 is 0 Å². The maximum atomic E-state index is 13.6. The molecule has 200 valence electrons. The van der Waals surface area contributed by atoms with Crippen LogP contribution in [0.1, 0.15) is 48.8 Å². The summed E-state index contributed by atoms with van der Waals surface area (Å²) in [7, 11) is 2.15. The molecule has 0 atom stereocenters. The maximum absolute atomic E-state index is 13.6. The average molecular weight is 521 g/mol. The van der Waals surface area contributed by atoms with Crippen molar-refractivity contribution in [2.24, 2.45) is 0 Å². The Labute approximate surface area is 231 Å². The van der Waals surface area contributed by atoms with Crippen LogP contribution < -0.4 is 15.5 Å². The van der Waals surface area contributed by atoms with E-state index in [0.29, 0.717) is 12.1 Å². The standard InChI is InChI=1S/C32H36N6O/c1-37-19-17-27(18-20-37)26-8-12-29(13-9-26)38(32(39)35-22-24-5-3-2-4-6-24)30-14-10-28(11-15-30)36-31-16-7-25(21-33)23-34-31/h2-9,12-13,16-17,23,28,30H,10-11,14-15,18-20,22H2,1H3,(H,34,36)(H,35,39). The van der Waals surface area contributed by atoms with Gasteiger partial charge in [-0.25, -0.2) is 9.78 Å². The summed E-state index contributed by atoms with van der Waals surface area (Å²) in [4.78, 5) is 22.3. The number of nitriles is 1. The molecule has 2 amide bonds. The summed E-state index contributed by atoms with van der Waals surface area (Å²) >= 11 is 0. The highest BCUT2D eigenvalue weighted by atomic mass is 16.2. The minimum Gasteiger partial charge on any atom is -0.367 e. The number of amides is 2.